The van der Waals surface area contributed by atoms with Gasteiger partial charge in [-0.2, -0.15) is 0 Å². The number of hydrogen-bond donors (Lipinski definition) is 2. The number of rotatable bonds is 5. The third-order valence-electron chi connectivity index (χ3n) is 6.38. The summed E-state index contributed by atoms with van der Waals surface area (Å²) < 4.78 is 5.36. The predicted octanol–water partition coefficient (Wildman–Crippen LogP) is 5.05. The topological polar surface area (TPSA) is 73.9 Å². The molecule has 0 atom stereocenters. The van der Waals surface area contributed by atoms with E-state index in [0.29, 0.717) is 48.2 Å². The van der Waals surface area contributed by atoms with Gasteiger partial charge in [0.1, 0.15) is 5.75 Å². The maximum atomic E-state index is 12.9. The first-order valence-corrected chi connectivity index (χ1v) is 12.7. The van der Waals surface area contributed by atoms with Crippen LogP contribution in [-0.4, -0.2) is 55.1 Å². The van der Waals surface area contributed by atoms with Gasteiger partial charge in [0.25, 0.3) is 11.8 Å². The fourth-order valence-electron chi connectivity index (χ4n) is 4.41. The Hall–Kier alpha value is -3.62. The van der Waals surface area contributed by atoms with Crippen LogP contribution in [0.2, 0.25) is 5.02 Å². The molecule has 0 saturated carbocycles. The van der Waals surface area contributed by atoms with Gasteiger partial charge in [0, 0.05) is 37.4 Å². The van der Waals surface area contributed by atoms with Crippen LogP contribution < -0.4 is 20.3 Å². The molecule has 192 valence electrons. The standard InChI is InChI=1S/C28H29ClN4O3S/c1-18-7-4-5-9-21(18)27(35)33-15-13-32(14-16-33)24-12-11-20(17-23(24)29)30-28(37)31-26(34)22-10-6-8-19(2)25(22)36-3/h4-12,17H,13-16H2,1-3H3,(H2,30,31,34,37). The number of para-hydroxylation sites is 1. The number of thiocarbonyl (C=S) groups is 1. The van der Waals surface area contributed by atoms with Gasteiger partial charge in [0.05, 0.1) is 23.4 Å². The van der Waals surface area contributed by atoms with Gasteiger partial charge in [-0.25, -0.2) is 0 Å². The number of carbonyl (C=O) groups excluding carboxylic acids is 2. The summed E-state index contributed by atoms with van der Waals surface area (Å²) in [6.45, 7) is 6.41. The second-order valence-electron chi connectivity index (χ2n) is 8.82. The van der Waals surface area contributed by atoms with E-state index in [0.717, 1.165) is 22.4 Å². The highest BCUT2D eigenvalue weighted by atomic mass is 35.5. The summed E-state index contributed by atoms with van der Waals surface area (Å²) in [7, 11) is 1.53. The van der Waals surface area contributed by atoms with E-state index in [4.69, 9.17) is 28.6 Å². The summed E-state index contributed by atoms with van der Waals surface area (Å²) in [6.07, 6.45) is 0. The van der Waals surface area contributed by atoms with Crippen molar-refractivity contribution in [3.8, 4) is 5.75 Å². The van der Waals surface area contributed by atoms with Gasteiger partial charge in [-0.3, -0.25) is 14.9 Å². The molecule has 0 bridgehead atoms. The first-order valence-electron chi connectivity index (χ1n) is 11.9. The minimum Gasteiger partial charge on any atom is -0.496 e. The highest BCUT2D eigenvalue weighted by Gasteiger charge is 2.24. The molecule has 0 spiro atoms. The molecule has 1 heterocycles. The summed E-state index contributed by atoms with van der Waals surface area (Å²) in [5.74, 6) is 0.206. The molecule has 1 saturated heterocycles. The van der Waals surface area contributed by atoms with Gasteiger partial charge in [-0.1, -0.05) is 41.9 Å². The quantitative estimate of drug-likeness (QED) is 0.444. The van der Waals surface area contributed by atoms with Gasteiger partial charge >= 0.3 is 0 Å². The summed E-state index contributed by atoms with van der Waals surface area (Å²) in [4.78, 5) is 29.7. The molecule has 9 heteroatoms. The molecule has 0 radical (unpaired) electrons. The first-order chi connectivity index (χ1) is 17.8. The fourth-order valence-corrected chi connectivity index (χ4v) is 4.92. The van der Waals surface area contributed by atoms with E-state index in [1.165, 1.54) is 7.11 Å². The lowest BCUT2D eigenvalue weighted by molar-refractivity contribution is 0.0746. The number of amides is 2. The van der Waals surface area contributed by atoms with E-state index in [-0.39, 0.29) is 16.9 Å². The number of methoxy groups -OCH3 is 1. The van der Waals surface area contributed by atoms with Crippen LogP contribution in [0.25, 0.3) is 0 Å². The fraction of sp³-hybridized carbons (Fsp3) is 0.250. The minimum absolute atomic E-state index is 0.0576. The molecule has 3 aromatic rings. The van der Waals surface area contributed by atoms with Gasteiger partial charge in [-0.15, -0.1) is 0 Å². The average Bonchev–Trinajstić information content (AvgIpc) is 2.88. The maximum absolute atomic E-state index is 12.9. The molecular formula is C28H29ClN4O3S. The number of hydrogen-bond acceptors (Lipinski definition) is 5. The molecule has 4 rings (SSSR count). The molecular weight excluding hydrogens is 508 g/mol. The molecule has 1 fully saturated rings. The van der Waals surface area contributed by atoms with Crippen molar-refractivity contribution in [3.05, 3.63) is 87.9 Å². The molecule has 1 aliphatic rings. The second kappa shape index (κ2) is 11.6. The van der Waals surface area contributed by atoms with Crippen molar-refractivity contribution in [3.63, 3.8) is 0 Å². The molecule has 2 amide bonds. The zero-order valence-corrected chi connectivity index (χ0v) is 22.6. The number of carbonyl (C=O) groups is 2. The van der Waals surface area contributed by atoms with Crippen LogP contribution >= 0.6 is 23.8 Å². The monoisotopic (exact) mass is 536 g/mol. The largest absolute Gasteiger partial charge is 0.496 e. The van der Waals surface area contributed by atoms with Crippen LogP contribution in [0.5, 0.6) is 5.75 Å². The zero-order chi connectivity index (χ0) is 26.5. The minimum atomic E-state index is -0.362. The van der Waals surface area contributed by atoms with Gasteiger partial charge < -0.3 is 19.9 Å². The molecule has 1 aliphatic heterocycles. The smallest absolute Gasteiger partial charge is 0.261 e. The van der Waals surface area contributed by atoms with Crippen LogP contribution in [0, 0.1) is 13.8 Å². The molecule has 3 aromatic carbocycles. The Kier molecular flexibility index (Phi) is 8.31. The number of halogens is 1. The van der Waals surface area contributed by atoms with E-state index in [2.05, 4.69) is 15.5 Å². The Bertz CT molecular complexity index is 1340. The molecule has 37 heavy (non-hydrogen) atoms. The highest BCUT2D eigenvalue weighted by molar-refractivity contribution is 7.80. The lowest BCUT2D eigenvalue weighted by Gasteiger charge is -2.36. The average molecular weight is 537 g/mol. The third kappa shape index (κ3) is 6.03. The van der Waals surface area contributed by atoms with Crippen LogP contribution in [0.4, 0.5) is 11.4 Å². The summed E-state index contributed by atoms with van der Waals surface area (Å²) in [5.41, 5.74) is 4.52. The van der Waals surface area contributed by atoms with Gasteiger partial charge in [-0.05, 0) is 67.5 Å². The molecule has 0 aromatic heterocycles. The van der Waals surface area contributed by atoms with E-state index >= 15 is 0 Å². The van der Waals surface area contributed by atoms with E-state index in [9.17, 15) is 9.59 Å². The number of nitrogens with zero attached hydrogens (tertiary/aromatic N) is 2. The second-order valence-corrected chi connectivity index (χ2v) is 9.64. The van der Waals surface area contributed by atoms with E-state index in [1.54, 1.807) is 18.2 Å². The van der Waals surface area contributed by atoms with Gasteiger partial charge in [0.2, 0.25) is 0 Å². The number of benzene rings is 3. The predicted molar refractivity (Wildman–Crippen MR) is 152 cm³/mol. The van der Waals surface area contributed by atoms with Crippen LogP contribution in [0.15, 0.2) is 60.7 Å². The summed E-state index contributed by atoms with van der Waals surface area (Å²) in [6, 6.07) is 18.5. The molecule has 0 aliphatic carbocycles. The Labute approximate surface area is 227 Å². The zero-order valence-electron chi connectivity index (χ0n) is 21.0. The van der Waals surface area contributed by atoms with Gasteiger partial charge in [0.15, 0.2) is 5.11 Å². The highest BCUT2D eigenvalue weighted by Crippen LogP contribution is 2.30. The van der Waals surface area contributed by atoms with Crippen LogP contribution in [0.3, 0.4) is 0 Å². The van der Waals surface area contributed by atoms with Crippen molar-refractivity contribution in [2.75, 3.05) is 43.5 Å². The van der Waals surface area contributed by atoms with Crippen molar-refractivity contribution in [2.24, 2.45) is 0 Å². The third-order valence-corrected chi connectivity index (χ3v) is 6.88. The number of anilines is 2. The SMILES string of the molecule is COc1c(C)cccc1C(=O)NC(=S)Nc1ccc(N2CCN(C(=O)c3ccccc3C)CC2)c(Cl)c1. The molecule has 0 unspecified atom stereocenters. The van der Waals surface area contributed by atoms with E-state index in [1.807, 2.05) is 61.2 Å². The Morgan fingerprint density at radius 3 is 2.27 bits per heavy atom. The maximum Gasteiger partial charge on any atom is 0.261 e. The van der Waals surface area contributed by atoms with Crippen molar-refractivity contribution in [1.29, 1.82) is 0 Å². The Morgan fingerprint density at radius 1 is 0.919 bits per heavy atom. The number of ether oxygens (including phenoxy) is 1. The van der Waals surface area contributed by atoms with Crippen molar-refractivity contribution in [1.82, 2.24) is 10.2 Å². The number of piperazine rings is 1. The molecule has 2 N–H and O–H groups in total. The van der Waals surface area contributed by atoms with E-state index < -0.39 is 0 Å². The number of nitrogens with one attached hydrogen (secondary N) is 2. The van der Waals surface area contributed by atoms with Crippen LogP contribution in [-0.2, 0) is 0 Å². The summed E-state index contributed by atoms with van der Waals surface area (Å²) >= 11 is 11.9. The Balaban J connectivity index is 1.35. The van der Waals surface area contributed by atoms with Crippen molar-refractivity contribution >= 4 is 52.1 Å². The molecule has 7 nitrogen and oxygen atoms in total. The first kappa shape index (κ1) is 26.4. The lowest BCUT2D eigenvalue weighted by atomic mass is 10.1. The number of aryl methyl sites for hydroxylation is 2. The lowest BCUT2D eigenvalue weighted by Crippen LogP contribution is -2.49. The summed E-state index contributed by atoms with van der Waals surface area (Å²) in [5, 5.41) is 6.41. The van der Waals surface area contributed by atoms with Crippen molar-refractivity contribution in [2.45, 2.75) is 13.8 Å². The Morgan fingerprint density at radius 2 is 1.59 bits per heavy atom. The normalized spacial score (nSPS) is 13.2. The van der Waals surface area contributed by atoms with Crippen molar-refractivity contribution < 1.29 is 14.3 Å². The van der Waals surface area contributed by atoms with Crippen LogP contribution in [0.1, 0.15) is 31.8 Å².